The number of nitrogens with one attached hydrogen (secondary N) is 2. The number of aromatic nitrogens is 3. The van der Waals surface area contributed by atoms with E-state index in [9.17, 15) is 14.0 Å². The van der Waals surface area contributed by atoms with E-state index in [1.165, 1.54) is 24.3 Å². The molecule has 2 N–H and O–H groups in total. The second-order valence-corrected chi connectivity index (χ2v) is 7.49. The molecule has 3 heterocycles. The van der Waals surface area contributed by atoms with Crippen LogP contribution in [-0.4, -0.2) is 51.1 Å². The molecule has 3 aromatic rings. The summed E-state index contributed by atoms with van der Waals surface area (Å²) in [6.07, 6.45) is 3.60. The number of urea groups is 1. The maximum absolute atomic E-state index is 12.9. The molecular formula is C22H23FN6O3. The van der Waals surface area contributed by atoms with Crippen molar-refractivity contribution in [3.05, 3.63) is 60.4 Å². The molecule has 0 saturated carbocycles. The number of benzene rings is 1. The van der Waals surface area contributed by atoms with Gasteiger partial charge < -0.3 is 20.1 Å². The van der Waals surface area contributed by atoms with E-state index in [1.807, 2.05) is 6.07 Å². The number of hydrogen-bond acceptors (Lipinski definition) is 6. The Bertz CT molecular complexity index is 1050. The fourth-order valence-corrected chi connectivity index (χ4v) is 3.49. The number of amides is 3. The highest BCUT2D eigenvalue weighted by Gasteiger charge is 2.24. The van der Waals surface area contributed by atoms with Gasteiger partial charge in [-0.15, -0.1) is 0 Å². The van der Waals surface area contributed by atoms with Crippen molar-refractivity contribution in [1.29, 1.82) is 0 Å². The van der Waals surface area contributed by atoms with Crippen molar-refractivity contribution in [2.24, 2.45) is 0 Å². The molecule has 0 atom stereocenters. The Labute approximate surface area is 184 Å². The molecular weight excluding hydrogens is 415 g/mol. The minimum atomic E-state index is -0.360. The van der Waals surface area contributed by atoms with E-state index >= 15 is 0 Å². The molecule has 0 spiro atoms. The lowest BCUT2D eigenvalue weighted by Crippen LogP contribution is -2.47. The van der Waals surface area contributed by atoms with Gasteiger partial charge in [0, 0.05) is 43.9 Å². The van der Waals surface area contributed by atoms with Gasteiger partial charge in [-0.1, -0.05) is 11.2 Å². The average Bonchev–Trinajstić information content (AvgIpc) is 3.29. The highest BCUT2D eigenvalue weighted by atomic mass is 19.1. The topological polar surface area (TPSA) is 113 Å². The van der Waals surface area contributed by atoms with Gasteiger partial charge in [0.1, 0.15) is 11.5 Å². The number of aryl methyl sites for hydroxylation is 1. The number of rotatable bonds is 6. The second kappa shape index (κ2) is 9.99. The quantitative estimate of drug-likeness (QED) is 0.612. The summed E-state index contributed by atoms with van der Waals surface area (Å²) < 4.78 is 18.2. The Morgan fingerprint density at radius 2 is 1.91 bits per heavy atom. The molecule has 1 fully saturated rings. The summed E-state index contributed by atoms with van der Waals surface area (Å²) in [5.74, 6) is 0.449. The van der Waals surface area contributed by atoms with Gasteiger partial charge in [-0.25, -0.2) is 9.18 Å². The highest BCUT2D eigenvalue weighted by molar-refractivity contribution is 5.89. The Morgan fingerprint density at radius 3 is 2.62 bits per heavy atom. The number of pyridine rings is 1. The van der Waals surface area contributed by atoms with Crippen LogP contribution in [0.25, 0.3) is 11.5 Å². The van der Waals surface area contributed by atoms with Crippen molar-refractivity contribution < 1.29 is 18.5 Å². The summed E-state index contributed by atoms with van der Waals surface area (Å²) in [4.78, 5) is 34.9. The number of halogens is 1. The van der Waals surface area contributed by atoms with E-state index in [0.717, 1.165) is 0 Å². The number of carbonyl (C=O) groups is 2. The lowest BCUT2D eigenvalue weighted by molar-refractivity contribution is -0.132. The van der Waals surface area contributed by atoms with E-state index in [-0.39, 0.29) is 30.2 Å². The van der Waals surface area contributed by atoms with Crippen LogP contribution >= 0.6 is 0 Å². The summed E-state index contributed by atoms with van der Waals surface area (Å²) in [5, 5.41) is 9.48. The first-order chi connectivity index (χ1) is 15.6. The van der Waals surface area contributed by atoms with E-state index in [2.05, 4.69) is 25.8 Å². The van der Waals surface area contributed by atoms with Crippen molar-refractivity contribution in [2.75, 3.05) is 18.4 Å². The summed E-state index contributed by atoms with van der Waals surface area (Å²) >= 11 is 0. The first-order valence-electron chi connectivity index (χ1n) is 10.4. The zero-order valence-corrected chi connectivity index (χ0v) is 17.3. The van der Waals surface area contributed by atoms with Crippen LogP contribution in [0, 0.1) is 5.82 Å². The van der Waals surface area contributed by atoms with Gasteiger partial charge in [0.05, 0.1) is 0 Å². The standard InChI is InChI=1S/C22H23FN6O3/c23-15-4-6-16(7-5-15)25-22(31)26-17-10-13-29(14-11-17)20(30)9-8-19-27-21(28-32-19)18-3-1-2-12-24-18/h1-7,12,17H,8-11,13-14H2,(H2,25,26,31). The fourth-order valence-electron chi connectivity index (χ4n) is 3.49. The molecule has 0 unspecified atom stereocenters. The maximum Gasteiger partial charge on any atom is 0.319 e. The van der Waals surface area contributed by atoms with E-state index in [0.29, 0.717) is 55.4 Å². The largest absolute Gasteiger partial charge is 0.343 e. The number of carbonyl (C=O) groups excluding carboxylic acids is 2. The van der Waals surface area contributed by atoms with Crippen molar-refractivity contribution in [2.45, 2.75) is 31.7 Å². The smallest absolute Gasteiger partial charge is 0.319 e. The highest BCUT2D eigenvalue weighted by Crippen LogP contribution is 2.16. The number of likely N-dealkylation sites (tertiary alicyclic amines) is 1. The van der Waals surface area contributed by atoms with Gasteiger partial charge in [-0.3, -0.25) is 9.78 Å². The molecule has 4 rings (SSSR count). The zero-order valence-electron chi connectivity index (χ0n) is 17.3. The molecule has 166 valence electrons. The number of nitrogens with zero attached hydrogens (tertiary/aromatic N) is 4. The van der Waals surface area contributed by atoms with Crippen molar-refractivity contribution in [1.82, 2.24) is 25.3 Å². The molecule has 32 heavy (non-hydrogen) atoms. The summed E-state index contributed by atoms with van der Waals surface area (Å²) in [6.45, 7) is 1.12. The van der Waals surface area contributed by atoms with Gasteiger partial charge in [-0.2, -0.15) is 4.98 Å². The fraction of sp³-hybridized carbons (Fsp3) is 0.318. The Hall–Kier alpha value is -3.82. The Kier molecular flexibility index (Phi) is 6.69. The molecule has 9 nitrogen and oxygen atoms in total. The SMILES string of the molecule is O=C(Nc1ccc(F)cc1)NC1CCN(C(=O)CCc2nc(-c3ccccn3)no2)CC1. The van der Waals surface area contributed by atoms with Gasteiger partial charge in [-0.05, 0) is 49.2 Å². The summed E-state index contributed by atoms with van der Waals surface area (Å²) in [6, 6.07) is 10.6. The van der Waals surface area contributed by atoms with Crippen LogP contribution in [0.15, 0.2) is 53.2 Å². The van der Waals surface area contributed by atoms with Gasteiger partial charge >= 0.3 is 6.03 Å². The first kappa shape index (κ1) is 21.4. The summed E-state index contributed by atoms with van der Waals surface area (Å²) in [7, 11) is 0. The molecule has 1 aromatic carbocycles. The Balaban J connectivity index is 1.19. The van der Waals surface area contributed by atoms with E-state index in [1.54, 1.807) is 23.2 Å². The van der Waals surface area contributed by atoms with Crippen LogP contribution in [0.2, 0.25) is 0 Å². The van der Waals surface area contributed by atoms with Crippen molar-refractivity contribution in [3.63, 3.8) is 0 Å². The predicted octanol–water partition coefficient (Wildman–Crippen LogP) is 3.02. The molecule has 0 bridgehead atoms. The third-order valence-corrected chi connectivity index (χ3v) is 5.20. The maximum atomic E-state index is 12.9. The van der Waals surface area contributed by atoms with Crippen LogP contribution in [-0.2, 0) is 11.2 Å². The number of hydrogen-bond donors (Lipinski definition) is 2. The molecule has 2 aromatic heterocycles. The first-order valence-corrected chi connectivity index (χ1v) is 10.4. The van der Waals surface area contributed by atoms with Crippen LogP contribution in [0.1, 0.15) is 25.2 Å². The molecule has 1 aliphatic heterocycles. The van der Waals surface area contributed by atoms with Crippen LogP contribution < -0.4 is 10.6 Å². The summed E-state index contributed by atoms with van der Waals surface area (Å²) in [5.41, 5.74) is 1.13. The molecule has 0 aliphatic carbocycles. The predicted molar refractivity (Wildman–Crippen MR) is 114 cm³/mol. The molecule has 3 amide bonds. The third kappa shape index (κ3) is 5.65. The molecule has 1 saturated heterocycles. The van der Waals surface area contributed by atoms with Crippen LogP contribution in [0.3, 0.4) is 0 Å². The van der Waals surface area contributed by atoms with Gasteiger partial charge in [0.15, 0.2) is 0 Å². The monoisotopic (exact) mass is 438 g/mol. The molecule has 0 radical (unpaired) electrons. The minimum Gasteiger partial charge on any atom is -0.343 e. The lowest BCUT2D eigenvalue weighted by Gasteiger charge is -2.32. The Morgan fingerprint density at radius 1 is 1.12 bits per heavy atom. The second-order valence-electron chi connectivity index (χ2n) is 7.49. The van der Waals surface area contributed by atoms with Gasteiger partial charge in [0.2, 0.25) is 17.6 Å². The van der Waals surface area contributed by atoms with Crippen molar-refractivity contribution in [3.8, 4) is 11.5 Å². The van der Waals surface area contributed by atoms with E-state index in [4.69, 9.17) is 4.52 Å². The molecule has 1 aliphatic rings. The number of piperidine rings is 1. The normalized spacial score (nSPS) is 14.2. The van der Waals surface area contributed by atoms with Crippen molar-refractivity contribution >= 4 is 17.6 Å². The van der Waals surface area contributed by atoms with Crippen LogP contribution in [0.4, 0.5) is 14.9 Å². The minimum absolute atomic E-state index is 0.0109. The molecule has 10 heteroatoms. The number of anilines is 1. The lowest BCUT2D eigenvalue weighted by atomic mass is 10.0. The van der Waals surface area contributed by atoms with Gasteiger partial charge in [0.25, 0.3) is 0 Å². The van der Waals surface area contributed by atoms with E-state index < -0.39 is 0 Å². The average molecular weight is 438 g/mol. The zero-order chi connectivity index (χ0) is 22.3. The third-order valence-electron chi connectivity index (χ3n) is 5.20. The van der Waals surface area contributed by atoms with Crippen LogP contribution in [0.5, 0.6) is 0 Å².